The first-order chi connectivity index (χ1) is 15.8. The second-order valence-electron chi connectivity index (χ2n) is 9.60. The van der Waals surface area contributed by atoms with Gasteiger partial charge >= 0.3 is 12.0 Å². The fraction of sp³-hybridized carbons (Fsp3) is 0.423. The van der Waals surface area contributed by atoms with Crippen LogP contribution in [0.2, 0.25) is 0 Å². The van der Waals surface area contributed by atoms with Crippen LogP contribution in [-0.4, -0.2) is 40.8 Å². The summed E-state index contributed by atoms with van der Waals surface area (Å²) in [5.74, 6) is -1.28. The molecule has 0 saturated heterocycles. The molecule has 2 atom stereocenters. The van der Waals surface area contributed by atoms with Gasteiger partial charge in [-0.1, -0.05) is 55.0 Å². The molecule has 33 heavy (non-hydrogen) atoms. The molecule has 7 nitrogen and oxygen atoms in total. The average Bonchev–Trinajstić information content (AvgIpc) is 3.37. The molecule has 2 aromatic rings. The van der Waals surface area contributed by atoms with Crippen LogP contribution in [0.3, 0.4) is 0 Å². The number of Topliss-reactive ketones (excluding diaryl/α,β-unsaturated/α-hetero) is 1. The first kappa shape index (κ1) is 22.7. The molecule has 0 bridgehead atoms. The quantitative estimate of drug-likeness (QED) is 0.310. The van der Waals surface area contributed by atoms with E-state index in [0.29, 0.717) is 12.8 Å². The Bertz CT molecular complexity index is 1070. The summed E-state index contributed by atoms with van der Waals surface area (Å²) in [6.45, 7) is 5.52. The fourth-order valence-electron chi connectivity index (χ4n) is 4.81. The van der Waals surface area contributed by atoms with Crippen molar-refractivity contribution in [3.05, 3.63) is 65.2 Å². The Balaban J connectivity index is 1.40. The number of hydrogen-bond acceptors (Lipinski definition) is 4. The van der Waals surface area contributed by atoms with Crippen LogP contribution < -0.4 is 5.32 Å². The zero-order chi connectivity index (χ0) is 23.6. The summed E-state index contributed by atoms with van der Waals surface area (Å²) in [6.07, 6.45) is 1.45. The summed E-state index contributed by atoms with van der Waals surface area (Å²) in [5.41, 5.74) is 13.2. The van der Waals surface area contributed by atoms with Crippen LogP contribution in [0.5, 0.6) is 0 Å². The lowest BCUT2D eigenvalue weighted by atomic mass is 9.97. The molecule has 1 saturated carbocycles. The van der Waals surface area contributed by atoms with E-state index in [4.69, 9.17) is 9.47 Å². The summed E-state index contributed by atoms with van der Waals surface area (Å²) < 4.78 is 11.1. The van der Waals surface area contributed by atoms with E-state index in [9.17, 15) is 15.1 Å². The molecule has 2 aliphatic carbocycles. The summed E-state index contributed by atoms with van der Waals surface area (Å²) >= 11 is 0. The van der Waals surface area contributed by atoms with Gasteiger partial charge in [-0.15, -0.1) is 4.79 Å². The van der Waals surface area contributed by atoms with E-state index in [1.165, 1.54) is 11.1 Å². The minimum atomic E-state index is -0.675. The Morgan fingerprint density at radius 1 is 1.03 bits per heavy atom. The highest BCUT2D eigenvalue weighted by Crippen LogP contribution is 2.44. The molecule has 0 unspecified atom stereocenters. The van der Waals surface area contributed by atoms with Crippen molar-refractivity contribution in [1.29, 1.82) is 0 Å². The number of hydrogen-bond donors (Lipinski definition) is 1. The molecule has 2 aromatic carbocycles. The van der Waals surface area contributed by atoms with E-state index in [0.717, 1.165) is 17.5 Å². The third-order valence-electron chi connectivity index (χ3n) is 6.20. The van der Waals surface area contributed by atoms with Gasteiger partial charge in [-0.3, -0.25) is 4.79 Å². The number of rotatable bonds is 5. The van der Waals surface area contributed by atoms with Gasteiger partial charge in [0, 0.05) is 12.0 Å². The van der Waals surface area contributed by atoms with Crippen molar-refractivity contribution in [2.75, 3.05) is 6.61 Å². The molecule has 0 spiro atoms. The zero-order valence-corrected chi connectivity index (χ0v) is 19.2. The van der Waals surface area contributed by atoms with Crippen LogP contribution in [0.25, 0.3) is 16.7 Å². The van der Waals surface area contributed by atoms with Crippen LogP contribution in [0.4, 0.5) is 4.79 Å². The van der Waals surface area contributed by atoms with Crippen LogP contribution in [0.1, 0.15) is 57.1 Å². The van der Waals surface area contributed by atoms with Gasteiger partial charge in [-0.05, 0) is 55.9 Å². The number of ketones is 1. The van der Waals surface area contributed by atoms with Crippen molar-refractivity contribution in [1.82, 2.24) is 5.32 Å². The molecule has 0 heterocycles. The normalized spacial score (nSPS) is 19.2. The largest absolute Gasteiger partial charge is 0.519 e. The molecule has 2 aliphatic rings. The van der Waals surface area contributed by atoms with Gasteiger partial charge in [-0.2, -0.15) is 0 Å². The van der Waals surface area contributed by atoms with Crippen molar-refractivity contribution in [3.8, 4) is 11.1 Å². The van der Waals surface area contributed by atoms with Crippen LogP contribution >= 0.6 is 0 Å². The smallest absolute Gasteiger partial charge is 0.449 e. The molecule has 1 amide bonds. The van der Waals surface area contributed by atoms with Crippen molar-refractivity contribution in [2.24, 2.45) is 5.92 Å². The summed E-state index contributed by atoms with van der Waals surface area (Å²) in [5, 5.41) is 2.85. The predicted molar refractivity (Wildman–Crippen MR) is 124 cm³/mol. The van der Waals surface area contributed by atoms with Gasteiger partial charge in [0.15, 0.2) is 0 Å². The van der Waals surface area contributed by atoms with E-state index >= 15 is 0 Å². The van der Waals surface area contributed by atoms with Gasteiger partial charge in [0.2, 0.25) is 0 Å². The number of ether oxygens (including phenoxy) is 2. The summed E-state index contributed by atoms with van der Waals surface area (Å²) in [4.78, 5) is 28.6. The van der Waals surface area contributed by atoms with Gasteiger partial charge in [-0.25, -0.2) is 4.79 Å². The third kappa shape index (κ3) is 4.83. The van der Waals surface area contributed by atoms with Crippen molar-refractivity contribution in [2.45, 2.75) is 57.6 Å². The number of carbonyl (C=O) groups excluding carboxylic acids is 2. The van der Waals surface area contributed by atoms with E-state index in [-0.39, 0.29) is 18.4 Å². The van der Waals surface area contributed by atoms with Gasteiger partial charge in [0.1, 0.15) is 12.2 Å². The molecule has 172 valence electrons. The predicted octanol–water partition coefficient (Wildman–Crippen LogP) is 4.71. The fourth-order valence-corrected chi connectivity index (χ4v) is 4.81. The van der Waals surface area contributed by atoms with Crippen LogP contribution in [0.15, 0.2) is 48.5 Å². The number of amides is 1. The Morgan fingerprint density at radius 3 is 2.21 bits per heavy atom. The Kier molecular flexibility index (Phi) is 6.34. The maximum Gasteiger partial charge on any atom is 0.519 e. The van der Waals surface area contributed by atoms with Crippen molar-refractivity contribution in [3.63, 3.8) is 0 Å². The number of alkyl carbamates (subject to hydrolysis) is 1. The maximum absolute atomic E-state index is 12.9. The highest BCUT2D eigenvalue weighted by Gasteiger charge is 2.42. The lowest BCUT2D eigenvalue weighted by molar-refractivity contribution is -0.129. The highest BCUT2D eigenvalue weighted by molar-refractivity contribution is 6.35. The molecule has 4 rings (SSSR count). The monoisotopic (exact) mass is 447 g/mol. The van der Waals surface area contributed by atoms with Gasteiger partial charge in [0.25, 0.3) is 5.78 Å². The molecule has 0 aromatic heterocycles. The van der Waals surface area contributed by atoms with E-state index in [2.05, 4.69) is 34.4 Å². The minimum Gasteiger partial charge on any atom is -0.449 e. The first-order valence-corrected chi connectivity index (χ1v) is 11.4. The number of benzene rings is 2. The summed E-state index contributed by atoms with van der Waals surface area (Å²) in [6, 6.07) is 15.9. The molecule has 0 aliphatic heterocycles. The van der Waals surface area contributed by atoms with Crippen LogP contribution in [0, 0.1) is 5.92 Å². The molecular weight excluding hydrogens is 418 g/mol. The Labute approximate surface area is 193 Å². The third-order valence-corrected chi connectivity index (χ3v) is 6.20. The average molecular weight is 448 g/mol. The lowest BCUT2D eigenvalue weighted by Gasteiger charge is -2.21. The number of carbonyl (C=O) groups is 2. The zero-order valence-electron chi connectivity index (χ0n) is 19.2. The standard InChI is InChI=1S/C26H29N3O4/c1-26(2,3)33-24(29-27)23(30)20-13-8-14-22(20)28-25(31)32-15-21-18-11-6-4-9-16(18)17-10-5-7-12-19(17)21/h4-7,9-12,20-22H,8,13-15H2,1-3H3,(H,28,31)/t20-,22-/m1/s1. The second kappa shape index (κ2) is 9.20. The first-order valence-electron chi connectivity index (χ1n) is 11.4. The molecule has 7 heteroatoms. The maximum atomic E-state index is 12.9. The molecular formula is C26H29N3O4. The SMILES string of the molecule is CC(C)(C)OC(=[N+]=[N-])C(=O)[C@@H]1CCC[C@H]1NC(=O)OCC1c2ccccc2-c2ccccc21. The number of nitrogens with one attached hydrogen (secondary N) is 1. The topological polar surface area (TPSA) is 101 Å². The van der Waals surface area contributed by atoms with Crippen molar-refractivity contribution < 1.29 is 23.9 Å². The molecule has 1 N–H and O–H groups in total. The number of nitrogens with zero attached hydrogens (tertiary/aromatic N) is 2. The Hall–Kier alpha value is -3.44. The van der Waals surface area contributed by atoms with E-state index in [1.54, 1.807) is 20.8 Å². The minimum absolute atomic E-state index is 0.0301. The highest BCUT2D eigenvalue weighted by atomic mass is 16.5. The molecule has 1 fully saturated rings. The molecule has 0 radical (unpaired) electrons. The van der Waals surface area contributed by atoms with Gasteiger partial charge < -0.3 is 20.3 Å². The Morgan fingerprint density at radius 2 is 1.64 bits per heavy atom. The number of fused-ring (bicyclic) bond motifs is 3. The van der Waals surface area contributed by atoms with Gasteiger partial charge in [0.05, 0.1) is 5.92 Å². The van der Waals surface area contributed by atoms with Crippen LogP contribution in [-0.2, 0) is 14.3 Å². The van der Waals surface area contributed by atoms with E-state index < -0.39 is 29.4 Å². The second-order valence-corrected chi connectivity index (χ2v) is 9.60. The van der Waals surface area contributed by atoms with E-state index in [1.807, 2.05) is 24.3 Å². The summed E-state index contributed by atoms with van der Waals surface area (Å²) in [7, 11) is 0. The van der Waals surface area contributed by atoms with Crippen molar-refractivity contribution >= 4 is 17.8 Å². The lowest BCUT2D eigenvalue weighted by Crippen LogP contribution is -2.44.